The SMILES string of the molecule is C=C[C@@H]1C[C@]1(NC(=O)[C@@H]1C[C@@H]2CN1C(=O)[C@H](C(C)(C)C)CC(=O)OCCCCCc1ccc3ccnc(c3c1)O2)C(=O)NS(=O)(=O)C1CC1. The second-order valence-electron chi connectivity index (χ2n) is 15.0. The summed E-state index contributed by atoms with van der Waals surface area (Å²) in [7, 11) is -3.87. The smallest absolute Gasteiger partial charge is 0.306 e. The highest BCUT2D eigenvalue weighted by molar-refractivity contribution is 7.91. The summed E-state index contributed by atoms with van der Waals surface area (Å²) in [5.74, 6) is -3.22. The number of amides is 3. The monoisotopic (exact) mass is 694 g/mol. The van der Waals surface area contributed by atoms with E-state index < -0.39 is 73.9 Å². The zero-order valence-electron chi connectivity index (χ0n) is 28.4. The topological polar surface area (TPSA) is 161 Å². The molecule has 1 aromatic heterocycles. The molecule has 3 fully saturated rings. The predicted molar refractivity (Wildman–Crippen MR) is 182 cm³/mol. The van der Waals surface area contributed by atoms with E-state index in [-0.39, 0.29) is 32.4 Å². The second-order valence-corrected chi connectivity index (χ2v) is 17.0. The Balaban J connectivity index is 1.32. The summed E-state index contributed by atoms with van der Waals surface area (Å²) in [6.45, 7) is 9.66. The largest absolute Gasteiger partial charge is 0.472 e. The maximum Gasteiger partial charge on any atom is 0.306 e. The van der Waals surface area contributed by atoms with Crippen LogP contribution >= 0.6 is 0 Å². The minimum atomic E-state index is -3.87. The lowest BCUT2D eigenvalue weighted by Gasteiger charge is -2.35. The number of ether oxygens (including phenoxy) is 2. The van der Waals surface area contributed by atoms with Crippen LogP contribution in [0, 0.1) is 17.3 Å². The molecule has 2 N–H and O–H groups in total. The van der Waals surface area contributed by atoms with Crippen LogP contribution in [0.5, 0.6) is 5.88 Å². The molecule has 5 atom stereocenters. The number of sulfonamides is 1. The lowest BCUT2D eigenvalue weighted by Crippen LogP contribution is -2.57. The van der Waals surface area contributed by atoms with E-state index in [2.05, 4.69) is 33.7 Å². The lowest BCUT2D eigenvalue weighted by molar-refractivity contribution is -0.153. The maximum absolute atomic E-state index is 14.4. The molecule has 0 spiro atoms. The molecule has 2 aliphatic heterocycles. The van der Waals surface area contributed by atoms with E-state index in [0.29, 0.717) is 25.1 Å². The lowest BCUT2D eigenvalue weighted by atomic mass is 9.77. The van der Waals surface area contributed by atoms with Crippen LogP contribution in [-0.4, -0.2) is 78.1 Å². The number of pyridine rings is 1. The third-order valence-electron chi connectivity index (χ3n) is 10.3. The number of hydrogen-bond acceptors (Lipinski definition) is 9. The number of fused-ring (bicyclic) bond motifs is 3. The summed E-state index contributed by atoms with van der Waals surface area (Å²) in [6.07, 6.45) is 6.91. The van der Waals surface area contributed by atoms with Crippen LogP contribution in [0.15, 0.2) is 43.1 Å². The molecule has 1 saturated heterocycles. The van der Waals surface area contributed by atoms with Crippen LogP contribution in [0.1, 0.15) is 77.7 Å². The maximum atomic E-state index is 14.4. The van der Waals surface area contributed by atoms with Gasteiger partial charge in [-0.1, -0.05) is 39.0 Å². The van der Waals surface area contributed by atoms with Crippen molar-refractivity contribution in [1.82, 2.24) is 19.9 Å². The Morgan fingerprint density at radius 1 is 1.12 bits per heavy atom. The fourth-order valence-corrected chi connectivity index (χ4v) is 8.34. The van der Waals surface area contributed by atoms with Gasteiger partial charge in [0.25, 0.3) is 5.91 Å². The van der Waals surface area contributed by atoms with Crippen LogP contribution < -0.4 is 14.8 Å². The van der Waals surface area contributed by atoms with Gasteiger partial charge in [-0.25, -0.2) is 13.4 Å². The van der Waals surface area contributed by atoms with Gasteiger partial charge in [-0.3, -0.25) is 23.9 Å². The Bertz CT molecular complexity index is 1770. The Morgan fingerprint density at radius 3 is 2.59 bits per heavy atom. The first kappa shape index (κ1) is 34.8. The van der Waals surface area contributed by atoms with Gasteiger partial charge < -0.3 is 19.7 Å². The van der Waals surface area contributed by atoms with E-state index in [9.17, 15) is 27.6 Å². The van der Waals surface area contributed by atoms with Crippen LogP contribution in [0.25, 0.3) is 10.8 Å². The first-order chi connectivity index (χ1) is 23.2. The van der Waals surface area contributed by atoms with Crippen molar-refractivity contribution in [2.45, 2.75) is 101 Å². The molecule has 2 aliphatic carbocycles. The van der Waals surface area contributed by atoms with Gasteiger partial charge in [0.2, 0.25) is 27.7 Å². The zero-order valence-corrected chi connectivity index (χ0v) is 29.2. The third kappa shape index (κ3) is 7.46. The van der Waals surface area contributed by atoms with Crippen LogP contribution in [0.4, 0.5) is 0 Å². The minimum Gasteiger partial charge on any atom is -0.472 e. The fourth-order valence-electron chi connectivity index (χ4n) is 6.97. The van der Waals surface area contributed by atoms with E-state index in [1.165, 1.54) is 11.0 Å². The number of rotatable bonds is 6. The van der Waals surface area contributed by atoms with Crippen molar-refractivity contribution < 1.29 is 37.1 Å². The molecule has 12 nitrogen and oxygen atoms in total. The summed E-state index contributed by atoms with van der Waals surface area (Å²) in [6, 6.07) is 6.98. The average molecular weight is 695 g/mol. The van der Waals surface area contributed by atoms with E-state index >= 15 is 0 Å². The number of nitrogens with one attached hydrogen (secondary N) is 2. The first-order valence-electron chi connectivity index (χ1n) is 17.2. The number of esters is 1. The summed E-state index contributed by atoms with van der Waals surface area (Å²) < 4.78 is 39.5. The highest BCUT2D eigenvalue weighted by atomic mass is 32.2. The number of carbonyl (C=O) groups excluding carboxylic acids is 4. The average Bonchev–Trinajstić information content (AvgIpc) is 3.97. The molecule has 3 amide bonds. The first-order valence-corrected chi connectivity index (χ1v) is 18.8. The molecule has 13 heteroatoms. The van der Waals surface area contributed by atoms with E-state index in [1.54, 1.807) is 6.20 Å². The van der Waals surface area contributed by atoms with Crippen LogP contribution in [-0.2, 0) is 40.4 Å². The summed E-state index contributed by atoms with van der Waals surface area (Å²) in [5.41, 5.74) is -1.06. The van der Waals surface area contributed by atoms with Crippen molar-refractivity contribution in [2.75, 3.05) is 13.2 Å². The zero-order chi connectivity index (χ0) is 35.1. The van der Waals surface area contributed by atoms with E-state index in [0.717, 1.165) is 35.6 Å². The van der Waals surface area contributed by atoms with Crippen LogP contribution in [0.3, 0.4) is 0 Å². The Kier molecular flexibility index (Phi) is 9.51. The van der Waals surface area contributed by atoms with Crippen molar-refractivity contribution in [3.05, 3.63) is 48.7 Å². The molecule has 49 heavy (non-hydrogen) atoms. The number of carbonyl (C=O) groups is 4. The molecular formula is C36H46N4O8S. The Labute approximate surface area is 287 Å². The molecule has 6 rings (SSSR count). The quantitative estimate of drug-likeness (QED) is 0.340. The van der Waals surface area contributed by atoms with Crippen molar-refractivity contribution in [3.8, 4) is 5.88 Å². The van der Waals surface area contributed by atoms with Crippen molar-refractivity contribution in [3.63, 3.8) is 0 Å². The number of aromatic nitrogens is 1. The van der Waals surface area contributed by atoms with Crippen molar-refractivity contribution in [1.29, 1.82) is 0 Å². The molecule has 1 aromatic carbocycles. The van der Waals surface area contributed by atoms with Crippen molar-refractivity contribution in [2.24, 2.45) is 17.3 Å². The second kappa shape index (κ2) is 13.4. The Morgan fingerprint density at radius 2 is 1.90 bits per heavy atom. The third-order valence-corrected chi connectivity index (χ3v) is 12.1. The molecule has 264 valence electrons. The number of aryl methyl sites for hydroxylation is 1. The molecule has 2 saturated carbocycles. The highest BCUT2D eigenvalue weighted by Crippen LogP contribution is 2.46. The predicted octanol–water partition coefficient (Wildman–Crippen LogP) is 3.57. The van der Waals surface area contributed by atoms with Gasteiger partial charge in [0.1, 0.15) is 17.7 Å². The van der Waals surface area contributed by atoms with Crippen molar-refractivity contribution >= 4 is 44.5 Å². The molecular weight excluding hydrogens is 648 g/mol. The van der Waals surface area contributed by atoms with Gasteiger partial charge in [0.15, 0.2) is 0 Å². The number of hydrogen-bond donors (Lipinski definition) is 2. The molecule has 0 radical (unpaired) electrons. The number of benzene rings is 1. The van der Waals surface area contributed by atoms with Gasteiger partial charge in [-0.2, -0.15) is 0 Å². The molecule has 4 bridgehead atoms. The van der Waals surface area contributed by atoms with Gasteiger partial charge in [0.05, 0.1) is 30.7 Å². The van der Waals surface area contributed by atoms with E-state index in [1.807, 2.05) is 32.9 Å². The molecule has 2 aromatic rings. The normalized spacial score (nSPS) is 28.2. The molecule has 0 unspecified atom stereocenters. The van der Waals surface area contributed by atoms with Gasteiger partial charge in [0, 0.05) is 23.9 Å². The fraction of sp³-hybridized carbons (Fsp3) is 0.583. The van der Waals surface area contributed by atoms with Gasteiger partial charge in [-0.05, 0) is 73.4 Å². The summed E-state index contributed by atoms with van der Waals surface area (Å²) in [5, 5.41) is 3.97. The standard InChI is InChI=1S/C36H46N4O8S/c1-5-24-20-36(24,34(44)39-49(45,46)26-12-13-26)38-31(42)29-18-25-21-40(29)33(43)28(35(2,3)4)19-30(41)47-16-8-6-7-9-22-10-11-23-14-15-37-32(48-25)27(23)17-22/h5,10-11,14-15,17,24-26,28-29H,1,6-9,12-13,16,18-21H2,2-4H3,(H,38,42)(H,39,44)/t24-,25-,28-,29+,36-/m1/s1. The summed E-state index contributed by atoms with van der Waals surface area (Å²) >= 11 is 0. The van der Waals surface area contributed by atoms with Gasteiger partial charge in [-0.15, -0.1) is 6.58 Å². The number of cyclic esters (lactones) is 1. The minimum absolute atomic E-state index is 0.0381. The highest BCUT2D eigenvalue weighted by Gasteiger charge is 2.62. The number of nitrogens with zero attached hydrogens (tertiary/aromatic N) is 2. The molecule has 4 aliphatic rings. The summed E-state index contributed by atoms with van der Waals surface area (Å²) in [4.78, 5) is 61.0. The van der Waals surface area contributed by atoms with Gasteiger partial charge >= 0.3 is 5.97 Å². The Hall–Kier alpha value is -4.00. The van der Waals surface area contributed by atoms with E-state index in [4.69, 9.17) is 9.47 Å². The van der Waals surface area contributed by atoms with Crippen LogP contribution in [0.2, 0.25) is 0 Å². The molecule has 3 heterocycles.